The number of Topliss-reactive ketones (excluding diaryl/α,β-unsaturated/α-hetero) is 1. The third kappa shape index (κ3) is 1.49. The van der Waals surface area contributed by atoms with Crippen molar-refractivity contribution in [1.29, 1.82) is 0 Å². The van der Waals surface area contributed by atoms with Gasteiger partial charge in [-0.1, -0.05) is 0 Å². The number of alkyl halides is 2. The highest BCUT2D eigenvalue weighted by atomic mass is 32.1. The minimum atomic E-state index is -2.90. The third-order valence-corrected chi connectivity index (χ3v) is 3.69. The zero-order valence-corrected chi connectivity index (χ0v) is 7.92. The molecule has 2 rings (SSSR count). The molecule has 0 spiro atoms. The summed E-state index contributed by atoms with van der Waals surface area (Å²) in [5, 5.41) is 1.87. The van der Waals surface area contributed by atoms with Crippen LogP contribution in [0, 0.1) is 0 Å². The summed E-state index contributed by atoms with van der Waals surface area (Å²) in [6.45, 7) is 0. The van der Waals surface area contributed by atoms with E-state index in [0.717, 1.165) is 20.7 Å². The fourth-order valence-electron chi connectivity index (χ4n) is 0.995. The van der Waals surface area contributed by atoms with Gasteiger partial charge in [-0.3, -0.25) is 4.79 Å². The molecule has 0 aliphatic carbocycles. The first-order valence-corrected chi connectivity index (χ1v) is 5.17. The van der Waals surface area contributed by atoms with E-state index in [4.69, 9.17) is 0 Å². The molecule has 5 heteroatoms. The normalized spacial score (nSPS) is 11.3. The molecule has 68 valence electrons. The van der Waals surface area contributed by atoms with Gasteiger partial charge in [0.1, 0.15) is 0 Å². The summed E-state index contributed by atoms with van der Waals surface area (Å²) in [5.41, 5.74) is 0. The van der Waals surface area contributed by atoms with E-state index < -0.39 is 12.2 Å². The van der Waals surface area contributed by atoms with Gasteiger partial charge in [-0.25, -0.2) is 8.78 Å². The second-order valence-electron chi connectivity index (χ2n) is 2.42. The Kier molecular flexibility index (Phi) is 2.13. The van der Waals surface area contributed by atoms with Crippen LogP contribution in [0.2, 0.25) is 0 Å². The standard InChI is InChI=1S/C8H4F2OS2/c9-8(10)7(11)6-3-5-4(13-6)1-2-12-5/h1-3,8H. The lowest BCUT2D eigenvalue weighted by atomic mass is 10.3. The monoisotopic (exact) mass is 218 g/mol. The van der Waals surface area contributed by atoms with Gasteiger partial charge in [-0.15, -0.1) is 22.7 Å². The van der Waals surface area contributed by atoms with Crippen LogP contribution >= 0.6 is 22.7 Å². The van der Waals surface area contributed by atoms with Crippen molar-refractivity contribution in [2.45, 2.75) is 6.43 Å². The van der Waals surface area contributed by atoms with Crippen molar-refractivity contribution in [1.82, 2.24) is 0 Å². The van der Waals surface area contributed by atoms with Gasteiger partial charge in [-0.05, 0) is 17.5 Å². The first-order valence-electron chi connectivity index (χ1n) is 3.48. The molecule has 0 saturated heterocycles. The molecule has 0 unspecified atom stereocenters. The van der Waals surface area contributed by atoms with Crippen molar-refractivity contribution in [2.24, 2.45) is 0 Å². The van der Waals surface area contributed by atoms with Gasteiger partial charge in [0.25, 0.3) is 0 Å². The Morgan fingerprint density at radius 3 is 2.77 bits per heavy atom. The lowest BCUT2D eigenvalue weighted by Crippen LogP contribution is -2.07. The number of carbonyl (C=O) groups is 1. The second-order valence-corrected chi connectivity index (χ2v) is 4.46. The first kappa shape index (κ1) is 8.77. The van der Waals surface area contributed by atoms with Crippen LogP contribution in [-0.2, 0) is 0 Å². The van der Waals surface area contributed by atoms with Gasteiger partial charge in [0, 0.05) is 9.40 Å². The van der Waals surface area contributed by atoms with Crippen LogP contribution in [0.5, 0.6) is 0 Å². The van der Waals surface area contributed by atoms with E-state index >= 15 is 0 Å². The highest BCUT2D eigenvalue weighted by Crippen LogP contribution is 2.30. The third-order valence-electron chi connectivity index (χ3n) is 1.58. The van der Waals surface area contributed by atoms with Crippen LogP contribution in [0.25, 0.3) is 9.40 Å². The Labute approximate surface area is 80.6 Å². The van der Waals surface area contributed by atoms with Crippen molar-refractivity contribution in [2.75, 3.05) is 0 Å². The molecule has 0 fully saturated rings. The molecule has 1 nitrogen and oxygen atoms in total. The maximum atomic E-state index is 12.0. The fraction of sp³-hybridized carbons (Fsp3) is 0.125. The van der Waals surface area contributed by atoms with E-state index in [0.29, 0.717) is 0 Å². The summed E-state index contributed by atoms with van der Waals surface area (Å²) in [6.07, 6.45) is -2.90. The highest BCUT2D eigenvalue weighted by molar-refractivity contribution is 7.27. The van der Waals surface area contributed by atoms with Crippen LogP contribution in [0.15, 0.2) is 17.5 Å². The minimum absolute atomic E-state index is 0.150. The van der Waals surface area contributed by atoms with Crippen LogP contribution in [0.1, 0.15) is 9.67 Å². The van der Waals surface area contributed by atoms with Crippen LogP contribution in [0.4, 0.5) is 8.78 Å². The topological polar surface area (TPSA) is 17.1 Å². The van der Waals surface area contributed by atoms with E-state index in [2.05, 4.69) is 0 Å². The molecule has 0 aliphatic rings. The zero-order chi connectivity index (χ0) is 9.42. The number of hydrogen-bond acceptors (Lipinski definition) is 3. The first-order chi connectivity index (χ1) is 6.18. The van der Waals surface area contributed by atoms with Gasteiger partial charge >= 0.3 is 6.43 Å². The van der Waals surface area contributed by atoms with Crippen molar-refractivity contribution in [3.63, 3.8) is 0 Å². The van der Waals surface area contributed by atoms with Crippen molar-refractivity contribution >= 4 is 37.9 Å². The van der Waals surface area contributed by atoms with Gasteiger partial charge < -0.3 is 0 Å². The number of hydrogen-bond donors (Lipinski definition) is 0. The molecule has 0 N–H and O–H groups in total. The van der Waals surface area contributed by atoms with Gasteiger partial charge in [0.05, 0.1) is 4.88 Å². The molecule has 0 atom stereocenters. The summed E-state index contributed by atoms with van der Waals surface area (Å²) in [5.74, 6) is -1.08. The molecule has 0 saturated carbocycles. The summed E-state index contributed by atoms with van der Waals surface area (Å²) < 4.78 is 25.8. The molecule has 0 radical (unpaired) electrons. The van der Waals surface area contributed by atoms with Crippen LogP contribution in [0.3, 0.4) is 0 Å². The number of carbonyl (C=O) groups excluding carboxylic acids is 1. The van der Waals surface area contributed by atoms with Gasteiger partial charge in [-0.2, -0.15) is 0 Å². The summed E-state index contributed by atoms with van der Waals surface area (Å²) in [6, 6.07) is 3.35. The van der Waals surface area contributed by atoms with E-state index in [-0.39, 0.29) is 4.88 Å². The average Bonchev–Trinajstić information content (AvgIpc) is 2.59. The fourth-order valence-corrected chi connectivity index (χ4v) is 3.04. The maximum Gasteiger partial charge on any atom is 0.301 e. The molecular weight excluding hydrogens is 214 g/mol. The van der Waals surface area contributed by atoms with E-state index in [1.165, 1.54) is 17.4 Å². The Morgan fingerprint density at radius 2 is 2.15 bits per heavy atom. The number of thiophene rings is 2. The Bertz CT molecular complexity index is 415. The predicted molar refractivity (Wildman–Crippen MR) is 50.0 cm³/mol. The van der Waals surface area contributed by atoms with E-state index in [1.807, 2.05) is 11.4 Å². The molecule has 2 aromatic heterocycles. The van der Waals surface area contributed by atoms with Gasteiger partial charge in [0.2, 0.25) is 5.78 Å². The second kappa shape index (κ2) is 3.16. The molecule has 2 heterocycles. The van der Waals surface area contributed by atoms with Crippen molar-refractivity contribution < 1.29 is 13.6 Å². The zero-order valence-electron chi connectivity index (χ0n) is 6.29. The predicted octanol–water partition coefficient (Wildman–Crippen LogP) is 3.41. The molecule has 0 bridgehead atoms. The number of rotatable bonds is 2. The largest absolute Gasteiger partial charge is 0.301 e. The van der Waals surface area contributed by atoms with E-state index in [9.17, 15) is 13.6 Å². The molecule has 0 aliphatic heterocycles. The number of fused-ring (bicyclic) bond motifs is 1. The maximum absolute atomic E-state index is 12.0. The van der Waals surface area contributed by atoms with Crippen LogP contribution < -0.4 is 0 Å². The van der Waals surface area contributed by atoms with Crippen LogP contribution in [-0.4, -0.2) is 12.2 Å². The highest BCUT2D eigenvalue weighted by Gasteiger charge is 2.20. The average molecular weight is 218 g/mol. The molecule has 0 amide bonds. The van der Waals surface area contributed by atoms with Crippen molar-refractivity contribution in [3.05, 3.63) is 22.4 Å². The Morgan fingerprint density at radius 1 is 1.38 bits per heavy atom. The smallest absolute Gasteiger partial charge is 0.287 e. The lowest BCUT2D eigenvalue weighted by molar-refractivity contribution is 0.0683. The number of halogens is 2. The summed E-state index contributed by atoms with van der Waals surface area (Å²) in [4.78, 5) is 11.0. The summed E-state index contributed by atoms with van der Waals surface area (Å²) in [7, 11) is 0. The minimum Gasteiger partial charge on any atom is -0.287 e. The summed E-state index contributed by atoms with van der Waals surface area (Å²) >= 11 is 2.57. The SMILES string of the molecule is O=C(c1cc2sccc2s1)C(F)F. The van der Waals surface area contributed by atoms with Gasteiger partial charge in [0.15, 0.2) is 0 Å². The molecular formula is C8H4F2OS2. The Hall–Kier alpha value is -0.810. The molecule has 13 heavy (non-hydrogen) atoms. The molecule has 2 aromatic rings. The Balaban J connectivity index is 2.45. The quantitative estimate of drug-likeness (QED) is 0.706. The molecule has 0 aromatic carbocycles. The number of ketones is 1. The lowest BCUT2D eigenvalue weighted by Gasteiger charge is -1.91. The van der Waals surface area contributed by atoms with E-state index in [1.54, 1.807) is 0 Å². The van der Waals surface area contributed by atoms with Crippen molar-refractivity contribution in [3.8, 4) is 0 Å².